The summed E-state index contributed by atoms with van der Waals surface area (Å²) in [6.45, 7) is 7.05. The number of aromatic nitrogens is 1. The van der Waals surface area contributed by atoms with Crippen LogP contribution in [0.2, 0.25) is 0 Å². The highest BCUT2D eigenvalue weighted by Crippen LogP contribution is 2.17. The molecule has 0 spiro atoms. The largest absolute Gasteiger partial charge is 0.352 e. The number of nitriles is 1. The van der Waals surface area contributed by atoms with E-state index < -0.39 is 0 Å². The van der Waals surface area contributed by atoms with Crippen molar-refractivity contribution in [2.75, 3.05) is 11.9 Å². The molecule has 4 nitrogen and oxygen atoms in total. The lowest BCUT2D eigenvalue weighted by Gasteiger charge is -2.17. The number of nitrogens with one attached hydrogen (secondary N) is 1. The van der Waals surface area contributed by atoms with E-state index in [1.165, 1.54) is 6.20 Å². The van der Waals surface area contributed by atoms with Crippen molar-refractivity contribution in [2.45, 2.75) is 20.8 Å². The zero-order chi connectivity index (χ0) is 9.90. The van der Waals surface area contributed by atoms with Gasteiger partial charge in [-0.2, -0.15) is 5.26 Å². The van der Waals surface area contributed by atoms with Gasteiger partial charge in [0.1, 0.15) is 11.6 Å². The van der Waals surface area contributed by atoms with Gasteiger partial charge in [-0.1, -0.05) is 25.9 Å². The summed E-state index contributed by atoms with van der Waals surface area (Å²) in [5, 5.41) is 15.2. The Bertz CT molecular complexity index is 316. The monoisotopic (exact) mass is 179 g/mol. The van der Waals surface area contributed by atoms with Gasteiger partial charge in [0.05, 0.1) is 6.20 Å². The number of nitrogens with zero attached hydrogens (tertiary/aromatic N) is 2. The van der Waals surface area contributed by atoms with Crippen LogP contribution in [0.3, 0.4) is 0 Å². The average molecular weight is 179 g/mol. The van der Waals surface area contributed by atoms with Gasteiger partial charge in [0.15, 0.2) is 0 Å². The first-order valence-electron chi connectivity index (χ1n) is 4.11. The quantitative estimate of drug-likeness (QED) is 0.754. The number of hydrogen-bond donors (Lipinski definition) is 1. The van der Waals surface area contributed by atoms with Gasteiger partial charge in [0, 0.05) is 6.54 Å². The molecule has 70 valence electrons. The standard InChI is InChI=1S/C9H13N3O/c1-9(2,3)6-11-8-7(4-10)5-12-13-8/h5,11H,6H2,1-3H3. The van der Waals surface area contributed by atoms with Gasteiger partial charge in [0.25, 0.3) is 0 Å². The molecule has 0 atom stereocenters. The van der Waals surface area contributed by atoms with Crippen LogP contribution >= 0.6 is 0 Å². The maximum absolute atomic E-state index is 8.65. The highest BCUT2D eigenvalue weighted by molar-refractivity contribution is 5.47. The molecule has 1 aromatic rings. The molecule has 0 aliphatic heterocycles. The van der Waals surface area contributed by atoms with E-state index in [2.05, 4.69) is 31.2 Å². The maximum atomic E-state index is 8.65. The second-order valence-corrected chi connectivity index (χ2v) is 4.09. The third-order valence-corrected chi connectivity index (χ3v) is 1.47. The summed E-state index contributed by atoms with van der Waals surface area (Å²) in [7, 11) is 0. The van der Waals surface area contributed by atoms with Crippen molar-refractivity contribution >= 4 is 5.88 Å². The topological polar surface area (TPSA) is 61.9 Å². The predicted octanol–water partition coefficient (Wildman–Crippen LogP) is 2.00. The highest BCUT2D eigenvalue weighted by Gasteiger charge is 2.13. The first kappa shape index (κ1) is 9.59. The molecule has 0 radical (unpaired) electrons. The molecular formula is C9H13N3O. The van der Waals surface area contributed by atoms with Gasteiger partial charge >= 0.3 is 0 Å². The first-order chi connectivity index (χ1) is 6.03. The second-order valence-electron chi connectivity index (χ2n) is 4.09. The maximum Gasteiger partial charge on any atom is 0.242 e. The van der Waals surface area contributed by atoms with E-state index in [-0.39, 0.29) is 5.41 Å². The van der Waals surface area contributed by atoms with Crippen molar-refractivity contribution in [1.29, 1.82) is 5.26 Å². The number of hydrogen-bond acceptors (Lipinski definition) is 4. The van der Waals surface area contributed by atoms with Crippen LogP contribution < -0.4 is 5.32 Å². The van der Waals surface area contributed by atoms with Crippen LogP contribution in [-0.2, 0) is 0 Å². The Morgan fingerprint density at radius 3 is 2.85 bits per heavy atom. The summed E-state index contributed by atoms with van der Waals surface area (Å²) < 4.78 is 4.87. The van der Waals surface area contributed by atoms with Crippen molar-refractivity contribution in [2.24, 2.45) is 5.41 Å². The summed E-state index contributed by atoms with van der Waals surface area (Å²) >= 11 is 0. The molecular weight excluding hydrogens is 166 g/mol. The SMILES string of the molecule is CC(C)(C)CNc1oncc1C#N. The molecule has 0 fully saturated rings. The summed E-state index contributed by atoms with van der Waals surface area (Å²) in [5.74, 6) is 0.456. The first-order valence-corrected chi connectivity index (χ1v) is 4.11. The average Bonchev–Trinajstić information content (AvgIpc) is 2.46. The van der Waals surface area contributed by atoms with Gasteiger partial charge < -0.3 is 9.84 Å². The van der Waals surface area contributed by atoms with Crippen molar-refractivity contribution in [3.63, 3.8) is 0 Å². The molecule has 1 N–H and O–H groups in total. The molecule has 1 heterocycles. The molecule has 0 saturated heterocycles. The molecule has 1 aromatic heterocycles. The lowest BCUT2D eigenvalue weighted by atomic mass is 9.97. The van der Waals surface area contributed by atoms with Gasteiger partial charge in [-0.25, -0.2) is 0 Å². The molecule has 4 heteroatoms. The van der Waals surface area contributed by atoms with Crippen molar-refractivity contribution in [3.8, 4) is 6.07 Å². The van der Waals surface area contributed by atoms with Gasteiger partial charge in [0.2, 0.25) is 5.88 Å². The van der Waals surface area contributed by atoms with E-state index in [0.717, 1.165) is 6.54 Å². The molecule has 1 rings (SSSR count). The Labute approximate surface area is 77.5 Å². The van der Waals surface area contributed by atoms with Gasteiger partial charge in [-0.05, 0) is 5.41 Å². The van der Waals surface area contributed by atoms with Crippen LogP contribution in [0.5, 0.6) is 0 Å². The predicted molar refractivity (Wildman–Crippen MR) is 49.2 cm³/mol. The van der Waals surface area contributed by atoms with Crippen LogP contribution in [0.4, 0.5) is 5.88 Å². The molecule has 0 saturated carbocycles. The smallest absolute Gasteiger partial charge is 0.242 e. The Morgan fingerprint density at radius 1 is 1.62 bits per heavy atom. The van der Waals surface area contributed by atoms with Gasteiger partial charge in [-0.3, -0.25) is 0 Å². The van der Waals surface area contributed by atoms with Crippen LogP contribution in [0.1, 0.15) is 26.3 Å². The molecule has 0 bridgehead atoms. The fourth-order valence-electron chi connectivity index (χ4n) is 0.792. The molecule has 13 heavy (non-hydrogen) atoms. The Balaban J connectivity index is 2.61. The van der Waals surface area contributed by atoms with Crippen molar-refractivity contribution in [1.82, 2.24) is 5.16 Å². The van der Waals surface area contributed by atoms with Gasteiger partial charge in [-0.15, -0.1) is 0 Å². The minimum atomic E-state index is 0.152. The second kappa shape index (κ2) is 3.48. The van der Waals surface area contributed by atoms with E-state index in [4.69, 9.17) is 9.78 Å². The lowest BCUT2D eigenvalue weighted by Crippen LogP contribution is -2.19. The Morgan fingerprint density at radius 2 is 2.31 bits per heavy atom. The van der Waals surface area contributed by atoms with Crippen LogP contribution in [0.15, 0.2) is 10.7 Å². The van der Waals surface area contributed by atoms with E-state index >= 15 is 0 Å². The lowest BCUT2D eigenvalue weighted by molar-refractivity contribution is 0.407. The normalized spacial score (nSPS) is 10.9. The summed E-state index contributed by atoms with van der Waals surface area (Å²) in [5.41, 5.74) is 0.601. The summed E-state index contributed by atoms with van der Waals surface area (Å²) in [6.07, 6.45) is 1.41. The fourth-order valence-corrected chi connectivity index (χ4v) is 0.792. The summed E-state index contributed by atoms with van der Waals surface area (Å²) in [6, 6.07) is 1.99. The van der Waals surface area contributed by atoms with E-state index in [0.29, 0.717) is 11.4 Å². The van der Waals surface area contributed by atoms with Crippen LogP contribution in [0.25, 0.3) is 0 Å². The van der Waals surface area contributed by atoms with E-state index in [1.54, 1.807) is 0 Å². The number of rotatable bonds is 2. The molecule has 0 aliphatic rings. The molecule has 0 amide bonds. The third-order valence-electron chi connectivity index (χ3n) is 1.47. The molecule has 0 unspecified atom stereocenters. The minimum Gasteiger partial charge on any atom is -0.352 e. The number of anilines is 1. The fraction of sp³-hybridized carbons (Fsp3) is 0.556. The molecule has 0 aliphatic carbocycles. The van der Waals surface area contributed by atoms with Crippen molar-refractivity contribution < 1.29 is 4.52 Å². The van der Waals surface area contributed by atoms with E-state index in [1.807, 2.05) is 6.07 Å². The summed E-state index contributed by atoms with van der Waals surface area (Å²) in [4.78, 5) is 0. The Hall–Kier alpha value is -1.50. The van der Waals surface area contributed by atoms with Crippen LogP contribution in [0, 0.1) is 16.7 Å². The zero-order valence-corrected chi connectivity index (χ0v) is 8.09. The molecule has 0 aromatic carbocycles. The van der Waals surface area contributed by atoms with E-state index in [9.17, 15) is 0 Å². The third kappa shape index (κ3) is 2.79. The van der Waals surface area contributed by atoms with Crippen molar-refractivity contribution in [3.05, 3.63) is 11.8 Å². The Kier molecular flexibility index (Phi) is 2.57. The zero-order valence-electron chi connectivity index (χ0n) is 8.09. The highest BCUT2D eigenvalue weighted by atomic mass is 16.5. The van der Waals surface area contributed by atoms with Crippen LogP contribution in [-0.4, -0.2) is 11.7 Å². The minimum absolute atomic E-state index is 0.152.